The Morgan fingerprint density at radius 3 is 2.62 bits per heavy atom. The zero-order valence-electron chi connectivity index (χ0n) is 14.6. The molecule has 1 saturated heterocycles. The fraction of sp³-hybridized carbons (Fsp3) is 0.421. The number of carbonyl (C=O) groups excluding carboxylic acids is 1. The highest BCUT2D eigenvalue weighted by Crippen LogP contribution is 2.37. The lowest BCUT2D eigenvalue weighted by Crippen LogP contribution is -2.34. The maximum atomic E-state index is 12.9. The van der Waals surface area contributed by atoms with Gasteiger partial charge >= 0.3 is 0 Å². The molecule has 1 aliphatic heterocycles. The number of hydrogen-bond acceptors (Lipinski definition) is 4. The second kappa shape index (κ2) is 7.51. The van der Waals surface area contributed by atoms with E-state index in [-0.39, 0.29) is 24.4 Å². The van der Waals surface area contributed by atoms with E-state index in [1.165, 1.54) is 0 Å². The molecule has 1 aromatic carbocycles. The number of aryl methyl sites for hydroxylation is 1. The summed E-state index contributed by atoms with van der Waals surface area (Å²) in [7, 11) is 0. The highest BCUT2D eigenvalue weighted by atomic mass is 35.5. The minimum Gasteiger partial charge on any atom is -0.337 e. The minimum absolute atomic E-state index is 0. The quantitative estimate of drug-likeness (QED) is 0.850. The minimum atomic E-state index is -0.0256. The van der Waals surface area contributed by atoms with Crippen LogP contribution in [0, 0.1) is 18.8 Å². The van der Waals surface area contributed by atoms with Crippen molar-refractivity contribution >= 4 is 29.9 Å². The van der Waals surface area contributed by atoms with E-state index in [1.807, 2.05) is 24.0 Å². The van der Waals surface area contributed by atoms with Gasteiger partial charge in [-0.05, 0) is 61.9 Å². The first-order valence-electron chi connectivity index (χ1n) is 8.68. The van der Waals surface area contributed by atoms with Gasteiger partial charge in [-0.15, -0.1) is 12.4 Å². The Morgan fingerprint density at radius 2 is 1.92 bits per heavy atom. The number of nitrogens with zero attached hydrogens (tertiary/aromatic N) is 3. The summed E-state index contributed by atoms with van der Waals surface area (Å²) < 4.78 is 0. The van der Waals surface area contributed by atoms with Crippen molar-refractivity contribution in [3.8, 4) is 11.4 Å². The lowest BCUT2D eigenvalue weighted by atomic mass is 9.98. The van der Waals surface area contributed by atoms with Crippen LogP contribution in [0.15, 0.2) is 30.3 Å². The van der Waals surface area contributed by atoms with E-state index in [1.54, 1.807) is 18.2 Å². The predicted octanol–water partition coefficient (Wildman–Crippen LogP) is 3.34. The van der Waals surface area contributed by atoms with Crippen LogP contribution in [0.5, 0.6) is 0 Å². The molecule has 3 unspecified atom stereocenters. The predicted molar refractivity (Wildman–Crippen MR) is 105 cm³/mol. The third-order valence-electron chi connectivity index (χ3n) is 5.38. The number of benzene rings is 1. The molecular formula is C19H22Cl2N4O. The van der Waals surface area contributed by atoms with Crippen LogP contribution in [-0.2, 0) is 0 Å². The summed E-state index contributed by atoms with van der Waals surface area (Å²) in [5.74, 6) is 1.50. The molecule has 5 nitrogen and oxygen atoms in total. The molecule has 2 heterocycles. The van der Waals surface area contributed by atoms with Gasteiger partial charge in [-0.3, -0.25) is 4.79 Å². The third-order valence-corrected chi connectivity index (χ3v) is 5.63. The van der Waals surface area contributed by atoms with Gasteiger partial charge in [-0.1, -0.05) is 11.6 Å². The van der Waals surface area contributed by atoms with Crippen LogP contribution in [0.1, 0.15) is 29.0 Å². The highest BCUT2D eigenvalue weighted by Gasteiger charge is 2.42. The van der Waals surface area contributed by atoms with Gasteiger partial charge in [0.25, 0.3) is 5.91 Å². The van der Waals surface area contributed by atoms with Crippen molar-refractivity contribution in [1.82, 2.24) is 14.9 Å². The first-order chi connectivity index (χ1) is 12.0. The van der Waals surface area contributed by atoms with Crippen molar-refractivity contribution in [2.75, 3.05) is 13.1 Å². The molecule has 1 saturated carbocycles. The largest absolute Gasteiger partial charge is 0.337 e. The van der Waals surface area contributed by atoms with Crippen molar-refractivity contribution in [1.29, 1.82) is 0 Å². The summed E-state index contributed by atoms with van der Waals surface area (Å²) in [5.41, 5.74) is 8.26. The first kappa shape index (κ1) is 19.1. The Kier molecular flexibility index (Phi) is 5.51. The molecule has 0 spiro atoms. The Labute approximate surface area is 164 Å². The van der Waals surface area contributed by atoms with E-state index in [9.17, 15) is 4.79 Å². The molecule has 2 aliphatic rings. The van der Waals surface area contributed by atoms with Gasteiger partial charge in [0, 0.05) is 35.4 Å². The number of aromatic nitrogens is 2. The number of halogens is 2. The number of nitrogens with two attached hydrogens (primary N) is 1. The van der Waals surface area contributed by atoms with Gasteiger partial charge in [0.05, 0.1) is 0 Å². The average Bonchev–Trinajstić information content (AvgIpc) is 3.17. The number of likely N-dealkylation sites (tertiary alicyclic amines) is 1. The molecule has 0 bridgehead atoms. The average molecular weight is 393 g/mol. The summed E-state index contributed by atoms with van der Waals surface area (Å²) in [6.45, 7) is 3.41. The molecule has 0 radical (unpaired) electrons. The first-order valence-corrected chi connectivity index (χ1v) is 9.05. The van der Waals surface area contributed by atoms with E-state index >= 15 is 0 Å². The van der Waals surface area contributed by atoms with E-state index in [0.717, 1.165) is 37.2 Å². The molecule has 138 valence electrons. The number of amides is 1. The standard InChI is InChI=1S/C19H21ClN4O.ClH/c1-11-8-17(23-18(22-11)12-2-5-14(20)6-3-12)19(25)24-9-13-4-7-16(21)15(13)10-24;/h2-3,5-6,8,13,15-16H,4,7,9-10,21H2,1H3;1H. The second-order valence-corrected chi connectivity index (χ2v) is 7.54. The summed E-state index contributed by atoms with van der Waals surface area (Å²) in [5, 5.41) is 0.660. The smallest absolute Gasteiger partial charge is 0.272 e. The number of carbonyl (C=O) groups is 1. The Morgan fingerprint density at radius 1 is 1.19 bits per heavy atom. The van der Waals surface area contributed by atoms with Gasteiger partial charge in [0.1, 0.15) is 5.69 Å². The van der Waals surface area contributed by atoms with Crippen LogP contribution < -0.4 is 5.73 Å². The van der Waals surface area contributed by atoms with Crippen molar-refractivity contribution in [3.63, 3.8) is 0 Å². The van der Waals surface area contributed by atoms with E-state index < -0.39 is 0 Å². The molecule has 2 aromatic rings. The van der Waals surface area contributed by atoms with E-state index in [0.29, 0.717) is 28.4 Å². The highest BCUT2D eigenvalue weighted by molar-refractivity contribution is 6.30. The van der Waals surface area contributed by atoms with Gasteiger partial charge < -0.3 is 10.6 Å². The van der Waals surface area contributed by atoms with Crippen LogP contribution in [0.4, 0.5) is 0 Å². The second-order valence-electron chi connectivity index (χ2n) is 7.10. The fourth-order valence-electron chi connectivity index (χ4n) is 4.04. The molecular weight excluding hydrogens is 371 g/mol. The van der Waals surface area contributed by atoms with Crippen LogP contribution in [0.3, 0.4) is 0 Å². The normalized spacial score (nSPS) is 24.3. The van der Waals surface area contributed by atoms with Crippen molar-refractivity contribution in [3.05, 3.63) is 46.7 Å². The van der Waals surface area contributed by atoms with Crippen LogP contribution in [0.2, 0.25) is 5.02 Å². The van der Waals surface area contributed by atoms with Gasteiger partial charge in [-0.25, -0.2) is 9.97 Å². The van der Waals surface area contributed by atoms with Crippen molar-refractivity contribution in [2.45, 2.75) is 25.8 Å². The van der Waals surface area contributed by atoms with Gasteiger partial charge in [0.15, 0.2) is 5.82 Å². The molecule has 2 fully saturated rings. The molecule has 1 aliphatic carbocycles. The maximum absolute atomic E-state index is 12.9. The fourth-order valence-corrected chi connectivity index (χ4v) is 4.17. The number of hydrogen-bond donors (Lipinski definition) is 1. The SMILES string of the molecule is Cc1cc(C(=O)N2CC3CCC(N)C3C2)nc(-c2ccc(Cl)cc2)n1.Cl. The lowest BCUT2D eigenvalue weighted by molar-refractivity contribution is 0.0773. The summed E-state index contributed by atoms with van der Waals surface area (Å²) in [4.78, 5) is 23.8. The zero-order chi connectivity index (χ0) is 17.6. The zero-order valence-corrected chi connectivity index (χ0v) is 16.1. The van der Waals surface area contributed by atoms with E-state index in [4.69, 9.17) is 17.3 Å². The number of fused-ring (bicyclic) bond motifs is 1. The van der Waals surface area contributed by atoms with Gasteiger partial charge in [0.2, 0.25) is 0 Å². The lowest BCUT2D eigenvalue weighted by Gasteiger charge is -2.18. The monoisotopic (exact) mass is 392 g/mol. The van der Waals surface area contributed by atoms with Crippen molar-refractivity contribution < 1.29 is 4.79 Å². The molecule has 26 heavy (non-hydrogen) atoms. The molecule has 1 aromatic heterocycles. The summed E-state index contributed by atoms with van der Waals surface area (Å²) in [6, 6.07) is 9.31. The Balaban J connectivity index is 0.00000196. The molecule has 2 N–H and O–H groups in total. The van der Waals surface area contributed by atoms with Crippen LogP contribution in [-0.4, -0.2) is 39.9 Å². The molecule has 1 amide bonds. The van der Waals surface area contributed by atoms with Crippen LogP contribution >= 0.6 is 24.0 Å². The van der Waals surface area contributed by atoms with Crippen LogP contribution in [0.25, 0.3) is 11.4 Å². The molecule has 4 rings (SSSR count). The molecule has 7 heteroatoms. The topological polar surface area (TPSA) is 72.1 Å². The summed E-state index contributed by atoms with van der Waals surface area (Å²) >= 11 is 5.94. The Hall–Kier alpha value is -1.69. The van der Waals surface area contributed by atoms with Gasteiger partial charge in [-0.2, -0.15) is 0 Å². The molecule has 3 atom stereocenters. The summed E-state index contributed by atoms with van der Waals surface area (Å²) in [6.07, 6.45) is 2.19. The Bertz CT molecular complexity index is 812. The van der Waals surface area contributed by atoms with Crippen molar-refractivity contribution in [2.24, 2.45) is 17.6 Å². The number of rotatable bonds is 2. The van der Waals surface area contributed by atoms with E-state index in [2.05, 4.69) is 9.97 Å². The third kappa shape index (κ3) is 3.56. The maximum Gasteiger partial charge on any atom is 0.272 e.